The molecule has 0 aliphatic carbocycles. The van der Waals surface area contributed by atoms with E-state index in [1.807, 2.05) is 16.8 Å². The van der Waals surface area contributed by atoms with Gasteiger partial charge >= 0.3 is 0 Å². The van der Waals surface area contributed by atoms with E-state index in [4.69, 9.17) is 5.73 Å². The van der Waals surface area contributed by atoms with Crippen LogP contribution in [-0.2, 0) is 13.1 Å². The standard InChI is InChI=1S/C16H14F2N2/c17-14-2-4-16-12(8-14)5-6-20(16)10-13-7-11(9-19)1-3-15(13)18/h1-8H,9-10,19H2. The van der Waals surface area contributed by atoms with Crippen molar-refractivity contribution in [3.8, 4) is 0 Å². The molecule has 3 rings (SSSR count). The molecular formula is C16H14F2N2. The minimum Gasteiger partial charge on any atom is -0.343 e. The van der Waals surface area contributed by atoms with Crippen LogP contribution in [-0.4, -0.2) is 4.57 Å². The Kier molecular flexibility index (Phi) is 3.24. The van der Waals surface area contributed by atoms with Crippen molar-refractivity contribution in [3.63, 3.8) is 0 Å². The molecule has 2 aromatic carbocycles. The lowest BCUT2D eigenvalue weighted by Gasteiger charge is -2.08. The van der Waals surface area contributed by atoms with Crippen molar-refractivity contribution in [2.24, 2.45) is 5.73 Å². The largest absolute Gasteiger partial charge is 0.343 e. The Hall–Kier alpha value is -2.20. The summed E-state index contributed by atoms with van der Waals surface area (Å²) >= 11 is 0. The maximum atomic E-state index is 13.8. The second kappa shape index (κ2) is 5.06. The molecular weight excluding hydrogens is 258 g/mol. The van der Waals surface area contributed by atoms with Gasteiger partial charge in [-0.1, -0.05) is 6.07 Å². The lowest BCUT2D eigenvalue weighted by molar-refractivity contribution is 0.600. The summed E-state index contributed by atoms with van der Waals surface area (Å²) in [6.07, 6.45) is 1.83. The molecule has 1 aromatic heterocycles. The summed E-state index contributed by atoms with van der Waals surface area (Å²) in [7, 11) is 0. The molecule has 2 nitrogen and oxygen atoms in total. The molecule has 2 N–H and O–H groups in total. The first-order valence-electron chi connectivity index (χ1n) is 6.39. The van der Waals surface area contributed by atoms with Crippen LogP contribution in [0.1, 0.15) is 11.1 Å². The van der Waals surface area contributed by atoms with E-state index in [-0.39, 0.29) is 11.6 Å². The van der Waals surface area contributed by atoms with E-state index in [0.29, 0.717) is 18.7 Å². The summed E-state index contributed by atoms with van der Waals surface area (Å²) in [6, 6.07) is 11.3. The molecule has 0 unspecified atom stereocenters. The zero-order valence-corrected chi connectivity index (χ0v) is 10.8. The van der Waals surface area contributed by atoms with Gasteiger partial charge in [0.15, 0.2) is 0 Å². The summed E-state index contributed by atoms with van der Waals surface area (Å²) in [4.78, 5) is 0. The minimum atomic E-state index is -0.272. The molecule has 0 radical (unpaired) electrons. The van der Waals surface area contributed by atoms with Crippen LogP contribution in [0.2, 0.25) is 0 Å². The maximum absolute atomic E-state index is 13.8. The lowest BCUT2D eigenvalue weighted by Crippen LogP contribution is -2.03. The molecule has 102 valence electrons. The van der Waals surface area contributed by atoms with Gasteiger partial charge in [-0.3, -0.25) is 0 Å². The third-order valence-electron chi connectivity index (χ3n) is 3.42. The van der Waals surface area contributed by atoms with Crippen LogP contribution >= 0.6 is 0 Å². The molecule has 0 fully saturated rings. The maximum Gasteiger partial charge on any atom is 0.128 e. The Balaban J connectivity index is 2.01. The molecule has 20 heavy (non-hydrogen) atoms. The zero-order chi connectivity index (χ0) is 14.1. The second-order valence-corrected chi connectivity index (χ2v) is 4.78. The number of aromatic nitrogens is 1. The monoisotopic (exact) mass is 272 g/mol. The average Bonchev–Trinajstić information content (AvgIpc) is 2.83. The summed E-state index contributed by atoms with van der Waals surface area (Å²) in [5.74, 6) is -0.530. The lowest BCUT2D eigenvalue weighted by atomic mass is 10.1. The number of nitrogens with zero attached hydrogens (tertiary/aromatic N) is 1. The molecule has 0 spiro atoms. The van der Waals surface area contributed by atoms with Crippen molar-refractivity contribution in [1.29, 1.82) is 0 Å². The SMILES string of the molecule is NCc1ccc(F)c(Cn2ccc3cc(F)ccc32)c1. The molecule has 0 saturated heterocycles. The van der Waals surface area contributed by atoms with Crippen LogP contribution in [0.3, 0.4) is 0 Å². The first-order chi connectivity index (χ1) is 9.67. The molecule has 4 heteroatoms. The number of fused-ring (bicyclic) bond motifs is 1. The van der Waals surface area contributed by atoms with Gasteiger partial charge in [0, 0.05) is 29.2 Å². The summed E-state index contributed by atoms with van der Waals surface area (Å²) < 4.78 is 28.9. The second-order valence-electron chi connectivity index (χ2n) is 4.78. The normalized spacial score (nSPS) is 11.2. The van der Waals surface area contributed by atoms with Crippen molar-refractivity contribution in [3.05, 3.63) is 71.4 Å². The highest BCUT2D eigenvalue weighted by atomic mass is 19.1. The number of hydrogen-bond acceptors (Lipinski definition) is 1. The smallest absolute Gasteiger partial charge is 0.128 e. The van der Waals surface area contributed by atoms with Crippen molar-refractivity contribution >= 4 is 10.9 Å². The van der Waals surface area contributed by atoms with Gasteiger partial charge in [-0.15, -0.1) is 0 Å². The van der Waals surface area contributed by atoms with E-state index < -0.39 is 0 Å². The molecule has 0 atom stereocenters. The van der Waals surface area contributed by atoms with Crippen LogP contribution in [0.15, 0.2) is 48.7 Å². The van der Waals surface area contributed by atoms with E-state index in [1.54, 1.807) is 18.2 Å². The quantitative estimate of drug-likeness (QED) is 0.778. The molecule has 3 aromatic rings. The summed E-state index contributed by atoms with van der Waals surface area (Å²) in [6.45, 7) is 0.778. The van der Waals surface area contributed by atoms with Crippen molar-refractivity contribution in [2.45, 2.75) is 13.1 Å². The van der Waals surface area contributed by atoms with Crippen LogP contribution < -0.4 is 5.73 Å². The van der Waals surface area contributed by atoms with E-state index in [1.165, 1.54) is 18.2 Å². The summed E-state index contributed by atoms with van der Waals surface area (Å²) in [5, 5.41) is 0.806. The molecule has 0 aliphatic rings. The Morgan fingerprint density at radius 2 is 1.85 bits per heavy atom. The van der Waals surface area contributed by atoms with Gasteiger partial charge in [-0.05, 0) is 42.0 Å². The van der Waals surface area contributed by atoms with Gasteiger partial charge in [0.1, 0.15) is 11.6 Å². The summed E-state index contributed by atoms with van der Waals surface area (Å²) in [5.41, 5.74) is 7.93. The van der Waals surface area contributed by atoms with Crippen LogP contribution in [0.5, 0.6) is 0 Å². The van der Waals surface area contributed by atoms with E-state index in [9.17, 15) is 8.78 Å². The Morgan fingerprint density at radius 3 is 2.65 bits per heavy atom. The average molecular weight is 272 g/mol. The van der Waals surface area contributed by atoms with Crippen molar-refractivity contribution in [2.75, 3.05) is 0 Å². The van der Waals surface area contributed by atoms with Gasteiger partial charge in [-0.2, -0.15) is 0 Å². The van der Waals surface area contributed by atoms with Crippen LogP contribution in [0.4, 0.5) is 8.78 Å². The molecule has 0 aliphatic heterocycles. The molecule has 1 heterocycles. The molecule has 0 bridgehead atoms. The van der Waals surface area contributed by atoms with Crippen LogP contribution in [0.25, 0.3) is 10.9 Å². The van der Waals surface area contributed by atoms with Gasteiger partial charge in [0.2, 0.25) is 0 Å². The fourth-order valence-corrected chi connectivity index (χ4v) is 2.37. The van der Waals surface area contributed by atoms with Gasteiger partial charge in [-0.25, -0.2) is 8.78 Å². The third-order valence-corrected chi connectivity index (χ3v) is 3.42. The minimum absolute atomic E-state index is 0.258. The highest BCUT2D eigenvalue weighted by molar-refractivity contribution is 5.80. The number of halogens is 2. The van der Waals surface area contributed by atoms with Gasteiger partial charge in [0.05, 0.1) is 6.54 Å². The van der Waals surface area contributed by atoms with E-state index in [0.717, 1.165) is 16.5 Å². The van der Waals surface area contributed by atoms with Crippen molar-refractivity contribution in [1.82, 2.24) is 4.57 Å². The predicted octanol–water partition coefficient (Wildman–Crippen LogP) is 3.43. The Labute approximate surface area is 115 Å². The number of nitrogens with two attached hydrogens (primary N) is 1. The topological polar surface area (TPSA) is 30.9 Å². The highest BCUT2D eigenvalue weighted by Gasteiger charge is 2.07. The molecule has 0 amide bonds. The fourth-order valence-electron chi connectivity index (χ4n) is 2.37. The van der Waals surface area contributed by atoms with Crippen LogP contribution in [0, 0.1) is 11.6 Å². The van der Waals surface area contributed by atoms with E-state index >= 15 is 0 Å². The fraction of sp³-hybridized carbons (Fsp3) is 0.125. The third kappa shape index (κ3) is 2.30. The zero-order valence-electron chi connectivity index (χ0n) is 10.8. The van der Waals surface area contributed by atoms with Gasteiger partial charge < -0.3 is 10.3 Å². The molecule has 0 saturated carbocycles. The first-order valence-corrected chi connectivity index (χ1v) is 6.39. The number of benzene rings is 2. The number of rotatable bonds is 3. The highest BCUT2D eigenvalue weighted by Crippen LogP contribution is 2.20. The number of hydrogen-bond donors (Lipinski definition) is 1. The Bertz CT molecular complexity index is 762. The first kappa shape index (κ1) is 12.8. The van der Waals surface area contributed by atoms with E-state index in [2.05, 4.69) is 0 Å². The van der Waals surface area contributed by atoms with Gasteiger partial charge in [0.25, 0.3) is 0 Å². The van der Waals surface area contributed by atoms with Crippen molar-refractivity contribution < 1.29 is 8.78 Å². The predicted molar refractivity (Wildman–Crippen MR) is 75.3 cm³/mol. The Morgan fingerprint density at radius 1 is 1.00 bits per heavy atom.